The highest BCUT2D eigenvalue weighted by Gasteiger charge is 1.97. The van der Waals surface area contributed by atoms with Gasteiger partial charge in [-0.25, -0.2) is 19.6 Å². The third-order valence-corrected chi connectivity index (χ3v) is 1.24. The van der Waals surface area contributed by atoms with Gasteiger partial charge in [-0.3, -0.25) is 0 Å². The van der Waals surface area contributed by atoms with Crippen LogP contribution in [0.25, 0.3) is 11.2 Å². The van der Waals surface area contributed by atoms with E-state index in [1.165, 1.54) is 17.3 Å². The van der Waals surface area contributed by atoms with Gasteiger partial charge in [0.1, 0.15) is 18.2 Å². The zero-order valence-electron chi connectivity index (χ0n) is 5.10. The van der Waals surface area contributed by atoms with Crippen molar-refractivity contribution in [3.8, 4) is 0 Å². The van der Waals surface area contributed by atoms with Gasteiger partial charge in [-0.15, -0.1) is 0 Å². The minimum Gasteiger partial charge on any atom is -0.336 e. The van der Waals surface area contributed by atoms with Gasteiger partial charge in [0, 0.05) is 0 Å². The van der Waals surface area contributed by atoms with Gasteiger partial charge >= 0.3 is 0 Å². The Kier molecular flexibility index (Phi) is 0.858. The Labute approximate surface area is 56.5 Å². The second-order valence-corrected chi connectivity index (χ2v) is 1.88. The van der Waals surface area contributed by atoms with Crippen molar-refractivity contribution in [3.63, 3.8) is 0 Å². The fourth-order valence-electron chi connectivity index (χ4n) is 0.785. The molecule has 2 N–H and O–H groups in total. The predicted octanol–water partition coefficient (Wildman–Crippen LogP) is -0.460. The lowest BCUT2D eigenvalue weighted by Crippen LogP contribution is -2.06. The van der Waals surface area contributed by atoms with Gasteiger partial charge in [-0.1, -0.05) is 0 Å². The van der Waals surface area contributed by atoms with Crippen LogP contribution in [0.4, 0.5) is 0 Å². The van der Waals surface area contributed by atoms with Crippen molar-refractivity contribution in [1.29, 1.82) is 0 Å². The molecule has 0 aliphatic rings. The summed E-state index contributed by atoms with van der Waals surface area (Å²) in [6, 6.07) is 0. The van der Waals surface area contributed by atoms with Crippen LogP contribution in [-0.4, -0.2) is 19.6 Å². The first-order valence-corrected chi connectivity index (χ1v) is 2.76. The van der Waals surface area contributed by atoms with Crippen LogP contribution in [0.3, 0.4) is 0 Å². The molecule has 0 aromatic carbocycles. The van der Waals surface area contributed by atoms with Crippen molar-refractivity contribution in [3.05, 3.63) is 18.9 Å². The molecule has 2 aromatic rings. The molecule has 0 fully saturated rings. The van der Waals surface area contributed by atoms with Crippen LogP contribution >= 0.6 is 0 Å². The fraction of sp³-hybridized carbons (Fsp3) is 0. The van der Waals surface area contributed by atoms with E-state index in [0.29, 0.717) is 11.2 Å². The SMILES string of the molecule is Nn1cnc2cncnc21. The van der Waals surface area contributed by atoms with Crippen molar-refractivity contribution < 1.29 is 0 Å². The Morgan fingerprint density at radius 2 is 2.30 bits per heavy atom. The Hall–Kier alpha value is -1.65. The zero-order chi connectivity index (χ0) is 6.97. The summed E-state index contributed by atoms with van der Waals surface area (Å²) in [4.78, 5) is 11.6. The number of hydrogen-bond donors (Lipinski definition) is 1. The first kappa shape index (κ1) is 5.16. The van der Waals surface area contributed by atoms with Crippen molar-refractivity contribution in [2.45, 2.75) is 0 Å². The van der Waals surface area contributed by atoms with E-state index in [-0.39, 0.29) is 0 Å². The molecule has 2 heterocycles. The minimum atomic E-state index is 0.648. The smallest absolute Gasteiger partial charge is 0.181 e. The fourth-order valence-corrected chi connectivity index (χ4v) is 0.785. The topological polar surface area (TPSA) is 69.6 Å². The van der Waals surface area contributed by atoms with Crippen LogP contribution in [0.1, 0.15) is 0 Å². The first-order valence-electron chi connectivity index (χ1n) is 2.76. The maximum Gasteiger partial charge on any atom is 0.181 e. The number of nitrogens with zero attached hydrogens (tertiary/aromatic N) is 4. The van der Waals surface area contributed by atoms with Crippen LogP contribution in [-0.2, 0) is 0 Å². The van der Waals surface area contributed by atoms with Crippen LogP contribution < -0.4 is 5.84 Å². The lowest BCUT2D eigenvalue weighted by atomic mass is 10.6. The van der Waals surface area contributed by atoms with Crippen molar-refractivity contribution in [2.24, 2.45) is 0 Å². The van der Waals surface area contributed by atoms with Crippen LogP contribution in [0, 0.1) is 0 Å². The molecular weight excluding hydrogens is 130 g/mol. The van der Waals surface area contributed by atoms with E-state index in [1.807, 2.05) is 0 Å². The molecule has 5 nitrogen and oxygen atoms in total. The molecule has 0 aliphatic carbocycles. The highest BCUT2D eigenvalue weighted by atomic mass is 15.3. The number of fused-ring (bicyclic) bond motifs is 1. The molecule has 2 aromatic heterocycles. The number of hydrogen-bond acceptors (Lipinski definition) is 4. The van der Waals surface area contributed by atoms with Gasteiger partial charge < -0.3 is 5.84 Å². The second-order valence-electron chi connectivity index (χ2n) is 1.88. The largest absolute Gasteiger partial charge is 0.336 e. The van der Waals surface area contributed by atoms with Crippen molar-refractivity contribution >= 4 is 11.2 Å². The second kappa shape index (κ2) is 1.66. The average Bonchev–Trinajstić information content (AvgIpc) is 2.34. The summed E-state index contributed by atoms with van der Waals surface area (Å²) < 4.78 is 1.36. The van der Waals surface area contributed by atoms with Crippen LogP contribution in [0.2, 0.25) is 0 Å². The van der Waals surface area contributed by atoms with E-state index in [9.17, 15) is 0 Å². The monoisotopic (exact) mass is 135 g/mol. The molecule has 0 spiro atoms. The maximum absolute atomic E-state index is 5.44. The molecule has 0 radical (unpaired) electrons. The quantitative estimate of drug-likeness (QED) is 0.496. The molecule has 2 rings (SSSR count). The van der Waals surface area contributed by atoms with E-state index < -0.39 is 0 Å². The van der Waals surface area contributed by atoms with Crippen molar-refractivity contribution in [2.75, 3.05) is 5.84 Å². The summed E-state index contributed by atoms with van der Waals surface area (Å²) >= 11 is 0. The molecule has 10 heavy (non-hydrogen) atoms. The van der Waals surface area contributed by atoms with E-state index >= 15 is 0 Å². The normalized spacial score (nSPS) is 10.4. The lowest BCUT2D eigenvalue weighted by Gasteiger charge is -1.88. The zero-order valence-corrected chi connectivity index (χ0v) is 5.10. The molecule has 0 amide bonds. The lowest BCUT2D eigenvalue weighted by molar-refractivity contribution is 1.01. The third-order valence-electron chi connectivity index (χ3n) is 1.24. The summed E-state index contributed by atoms with van der Waals surface area (Å²) in [5.41, 5.74) is 1.36. The standard InChI is InChI=1S/C5H5N5/c6-10-3-9-4-1-7-2-8-5(4)10/h1-3H,6H2. The van der Waals surface area contributed by atoms with Gasteiger partial charge in [0.15, 0.2) is 5.65 Å². The summed E-state index contributed by atoms with van der Waals surface area (Å²) in [5.74, 6) is 5.44. The van der Waals surface area contributed by atoms with Gasteiger partial charge in [-0.05, 0) is 0 Å². The van der Waals surface area contributed by atoms with Gasteiger partial charge in [0.05, 0.1) is 6.20 Å². The number of rotatable bonds is 0. The van der Waals surface area contributed by atoms with Gasteiger partial charge in [-0.2, -0.15) is 0 Å². The molecule has 5 heteroatoms. The molecule has 50 valence electrons. The highest BCUT2D eigenvalue weighted by Crippen LogP contribution is 2.01. The maximum atomic E-state index is 5.44. The van der Waals surface area contributed by atoms with Gasteiger partial charge in [0.2, 0.25) is 0 Å². The van der Waals surface area contributed by atoms with E-state index in [4.69, 9.17) is 5.84 Å². The van der Waals surface area contributed by atoms with E-state index in [2.05, 4.69) is 15.0 Å². The summed E-state index contributed by atoms with van der Waals surface area (Å²) in [6.45, 7) is 0. The Bertz CT molecular complexity index is 352. The number of imidazole rings is 1. The Balaban J connectivity index is 2.93. The Morgan fingerprint density at radius 3 is 3.10 bits per heavy atom. The van der Waals surface area contributed by atoms with Crippen LogP contribution in [0.5, 0.6) is 0 Å². The van der Waals surface area contributed by atoms with E-state index in [0.717, 1.165) is 0 Å². The molecule has 0 saturated carbocycles. The first-order chi connectivity index (χ1) is 4.88. The average molecular weight is 135 g/mol. The molecule has 0 saturated heterocycles. The van der Waals surface area contributed by atoms with Crippen LogP contribution in [0.15, 0.2) is 18.9 Å². The Morgan fingerprint density at radius 1 is 1.40 bits per heavy atom. The summed E-state index contributed by atoms with van der Waals surface area (Å²) in [5, 5.41) is 0. The van der Waals surface area contributed by atoms with Crippen molar-refractivity contribution in [1.82, 2.24) is 19.6 Å². The van der Waals surface area contributed by atoms with E-state index in [1.54, 1.807) is 6.20 Å². The number of nitrogen functional groups attached to an aromatic ring is 1. The summed E-state index contributed by atoms with van der Waals surface area (Å²) in [6.07, 6.45) is 4.55. The molecule has 0 unspecified atom stereocenters. The number of aromatic nitrogens is 4. The number of nitrogens with two attached hydrogens (primary N) is 1. The molecule has 0 aliphatic heterocycles. The summed E-state index contributed by atoms with van der Waals surface area (Å²) in [7, 11) is 0. The highest BCUT2D eigenvalue weighted by molar-refractivity contribution is 5.68. The van der Waals surface area contributed by atoms with Gasteiger partial charge in [0.25, 0.3) is 0 Å². The molecule has 0 atom stereocenters. The minimum absolute atomic E-state index is 0.648. The predicted molar refractivity (Wildman–Crippen MR) is 35.5 cm³/mol. The molecular formula is C5H5N5. The third kappa shape index (κ3) is 0.540. The molecule has 0 bridgehead atoms.